The van der Waals surface area contributed by atoms with Gasteiger partial charge in [-0.15, -0.1) is 5.10 Å². The molecular formula is C19H20FN5O3S. The molecule has 0 saturated carbocycles. The van der Waals surface area contributed by atoms with Gasteiger partial charge >= 0.3 is 6.09 Å². The SMILES string of the molecule is O=C1O[C@@H](Cn2ccnn2)[C@@H]2COc3cc(N4C5CCC4CSC5)c(F)cc3N12. The van der Waals surface area contributed by atoms with Crippen LogP contribution in [0.5, 0.6) is 5.75 Å². The summed E-state index contributed by atoms with van der Waals surface area (Å²) < 4.78 is 28.4. The zero-order valence-corrected chi connectivity index (χ0v) is 16.4. The number of nitrogens with zero attached hydrogens (tertiary/aromatic N) is 5. The van der Waals surface area contributed by atoms with Crippen LogP contribution in [0.1, 0.15) is 12.8 Å². The monoisotopic (exact) mass is 417 g/mol. The highest BCUT2D eigenvalue weighted by atomic mass is 32.2. The molecule has 6 rings (SSSR count). The topological polar surface area (TPSA) is 72.7 Å². The number of hydrogen-bond acceptors (Lipinski definition) is 7. The van der Waals surface area contributed by atoms with Crippen molar-refractivity contribution in [3.63, 3.8) is 0 Å². The summed E-state index contributed by atoms with van der Waals surface area (Å²) >= 11 is 1.94. The van der Waals surface area contributed by atoms with Crippen LogP contribution in [0.15, 0.2) is 24.5 Å². The van der Waals surface area contributed by atoms with Crippen molar-refractivity contribution in [1.29, 1.82) is 0 Å². The molecule has 2 aromatic rings. The molecule has 4 atom stereocenters. The first kappa shape index (κ1) is 17.4. The standard InChI is InChI=1S/C19H20FN5O3S/c20-13-5-15-17(6-14(13)24-11-1-2-12(24)10-29-9-11)27-8-16-18(28-19(26)25(15)16)7-23-4-3-21-22-23/h3-6,11-12,16,18H,1-2,7-10H2/t11?,12?,16-,18-/m0/s1. The Balaban J connectivity index is 1.32. The minimum Gasteiger partial charge on any atom is -0.489 e. The maximum absolute atomic E-state index is 15.2. The molecule has 152 valence electrons. The molecule has 1 amide bonds. The van der Waals surface area contributed by atoms with E-state index in [2.05, 4.69) is 15.2 Å². The summed E-state index contributed by atoms with van der Waals surface area (Å²) in [6.07, 6.45) is 4.57. The number of aromatic nitrogens is 3. The Bertz CT molecular complexity index is 942. The maximum Gasteiger partial charge on any atom is 0.415 e. The van der Waals surface area contributed by atoms with Crippen LogP contribution < -0.4 is 14.5 Å². The van der Waals surface area contributed by atoms with Gasteiger partial charge < -0.3 is 14.4 Å². The van der Waals surface area contributed by atoms with Crippen LogP contribution in [-0.4, -0.2) is 63.4 Å². The summed E-state index contributed by atoms with van der Waals surface area (Å²) in [6.45, 7) is 0.673. The maximum atomic E-state index is 15.2. The smallest absolute Gasteiger partial charge is 0.415 e. The lowest BCUT2D eigenvalue weighted by atomic mass is 10.1. The fraction of sp³-hybridized carbons (Fsp3) is 0.526. The van der Waals surface area contributed by atoms with Crippen molar-refractivity contribution in [3.05, 3.63) is 30.3 Å². The van der Waals surface area contributed by atoms with Crippen molar-refractivity contribution in [2.75, 3.05) is 27.9 Å². The highest BCUT2D eigenvalue weighted by Crippen LogP contribution is 2.45. The van der Waals surface area contributed by atoms with Crippen LogP contribution in [0.25, 0.3) is 0 Å². The summed E-state index contributed by atoms with van der Waals surface area (Å²) in [7, 11) is 0. The van der Waals surface area contributed by atoms with Gasteiger partial charge in [-0.1, -0.05) is 5.21 Å². The fourth-order valence-electron chi connectivity index (χ4n) is 4.93. The van der Waals surface area contributed by atoms with Gasteiger partial charge in [0.05, 0.1) is 24.1 Å². The molecule has 5 heterocycles. The molecule has 1 aromatic carbocycles. The van der Waals surface area contributed by atoms with Gasteiger partial charge in [0.15, 0.2) is 0 Å². The van der Waals surface area contributed by atoms with Crippen molar-refractivity contribution in [3.8, 4) is 5.75 Å². The first-order valence-corrected chi connectivity index (χ1v) is 11.0. The van der Waals surface area contributed by atoms with E-state index in [4.69, 9.17) is 9.47 Å². The van der Waals surface area contributed by atoms with Crippen molar-refractivity contribution in [1.82, 2.24) is 15.0 Å². The molecule has 2 bridgehead atoms. The van der Waals surface area contributed by atoms with Crippen LogP contribution in [0.2, 0.25) is 0 Å². The molecule has 0 N–H and O–H groups in total. The number of thioether (sulfide) groups is 1. The number of hydrogen-bond donors (Lipinski definition) is 0. The molecule has 8 nitrogen and oxygen atoms in total. The summed E-state index contributed by atoms with van der Waals surface area (Å²) in [4.78, 5) is 16.3. The van der Waals surface area contributed by atoms with Gasteiger partial charge in [0.25, 0.3) is 0 Å². The first-order valence-electron chi connectivity index (χ1n) is 9.85. The molecule has 4 aliphatic rings. The van der Waals surface area contributed by atoms with E-state index in [9.17, 15) is 4.79 Å². The van der Waals surface area contributed by atoms with Crippen LogP contribution in [-0.2, 0) is 11.3 Å². The fourth-order valence-corrected chi connectivity index (χ4v) is 6.26. The lowest BCUT2D eigenvalue weighted by molar-refractivity contribution is 0.106. The minimum atomic E-state index is -0.480. The molecular weight excluding hydrogens is 397 g/mol. The van der Waals surface area contributed by atoms with Gasteiger partial charge in [-0.2, -0.15) is 11.8 Å². The molecule has 2 unspecified atom stereocenters. The zero-order valence-electron chi connectivity index (χ0n) is 15.6. The van der Waals surface area contributed by atoms with Gasteiger partial charge in [-0.3, -0.25) is 4.90 Å². The largest absolute Gasteiger partial charge is 0.489 e. The van der Waals surface area contributed by atoms with Crippen molar-refractivity contribution >= 4 is 29.2 Å². The number of benzene rings is 1. The van der Waals surface area contributed by atoms with E-state index in [1.165, 1.54) is 11.0 Å². The van der Waals surface area contributed by atoms with Gasteiger partial charge in [0.2, 0.25) is 0 Å². The number of carbonyl (C=O) groups is 1. The molecule has 0 radical (unpaired) electrons. The van der Waals surface area contributed by atoms with Crippen molar-refractivity contribution in [2.45, 2.75) is 43.6 Å². The number of anilines is 2. The van der Waals surface area contributed by atoms with E-state index < -0.39 is 12.2 Å². The van der Waals surface area contributed by atoms with Gasteiger partial charge in [0.1, 0.15) is 30.3 Å². The lowest BCUT2D eigenvalue weighted by Crippen LogP contribution is -2.46. The Morgan fingerprint density at radius 3 is 2.79 bits per heavy atom. The number of rotatable bonds is 3. The Kier molecular flexibility index (Phi) is 3.90. The molecule has 4 aliphatic heterocycles. The quantitative estimate of drug-likeness (QED) is 0.759. The minimum absolute atomic E-state index is 0.298. The van der Waals surface area contributed by atoms with E-state index >= 15 is 4.39 Å². The lowest BCUT2D eigenvalue weighted by Gasteiger charge is -2.38. The van der Waals surface area contributed by atoms with E-state index in [1.807, 2.05) is 11.8 Å². The Morgan fingerprint density at radius 2 is 2.03 bits per heavy atom. The average Bonchev–Trinajstić information content (AvgIpc) is 3.39. The third-order valence-electron chi connectivity index (χ3n) is 6.26. The van der Waals surface area contributed by atoms with E-state index in [1.54, 1.807) is 23.1 Å². The Hall–Kier alpha value is -2.49. The number of cyclic esters (lactones) is 1. The second-order valence-electron chi connectivity index (χ2n) is 7.90. The Labute approximate surface area is 170 Å². The predicted molar refractivity (Wildman–Crippen MR) is 105 cm³/mol. The Morgan fingerprint density at radius 1 is 1.21 bits per heavy atom. The van der Waals surface area contributed by atoms with Gasteiger partial charge in [-0.25, -0.2) is 13.9 Å². The second-order valence-corrected chi connectivity index (χ2v) is 8.97. The summed E-state index contributed by atoms with van der Waals surface area (Å²) in [5, 5.41) is 7.71. The molecule has 3 saturated heterocycles. The highest BCUT2D eigenvalue weighted by Gasteiger charge is 2.48. The summed E-state index contributed by atoms with van der Waals surface area (Å²) in [5.74, 6) is 2.27. The van der Waals surface area contributed by atoms with Gasteiger partial charge in [-0.05, 0) is 12.8 Å². The van der Waals surface area contributed by atoms with E-state index in [-0.39, 0.29) is 11.9 Å². The number of ether oxygens (including phenoxy) is 2. The normalized spacial score (nSPS) is 30.0. The predicted octanol–water partition coefficient (Wildman–Crippen LogP) is 2.29. The van der Waals surface area contributed by atoms with E-state index in [0.29, 0.717) is 42.4 Å². The molecule has 29 heavy (non-hydrogen) atoms. The van der Waals surface area contributed by atoms with Crippen LogP contribution >= 0.6 is 11.8 Å². The molecule has 0 aliphatic carbocycles. The van der Waals surface area contributed by atoms with Crippen molar-refractivity contribution < 1.29 is 18.7 Å². The number of carbonyl (C=O) groups excluding carboxylic acids is 1. The number of amides is 1. The molecule has 0 spiro atoms. The van der Waals surface area contributed by atoms with Crippen molar-refractivity contribution in [2.24, 2.45) is 0 Å². The molecule has 10 heteroatoms. The highest BCUT2D eigenvalue weighted by molar-refractivity contribution is 7.99. The summed E-state index contributed by atoms with van der Waals surface area (Å²) in [6, 6.07) is 3.60. The van der Waals surface area contributed by atoms with Gasteiger partial charge in [0, 0.05) is 41.9 Å². The third kappa shape index (κ3) is 2.68. The third-order valence-corrected chi connectivity index (χ3v) is 7.51. The average molecular weight is 417 g/mol. The van der Waals surface area contributed by atoms with Crippen LogP contribution in [0, 0.1) is 5.82 Å². The number of halogens is 1. The number of fused-ring (bicyclic) bond motifs is 5. The molecule has 3 fully saturated rings. The van der Waals surface area contributed by atoms with Crippen LogP contribution in [0.4, 0.5) is 20.6 Å². The van der Waals surface area contributed by atoms with E-state index in [0.717, 1.165) is 24.3 Å². The second kappa shape index (κ2) is 6.51. The first-order chi connectivity index (χ1) is 14.2. The summed E-state index contributed by atoms with van der Waals surface area (Å²) in [5.41, 5.74) is 1.02. The molecule has 1 aromatic heterocycles. The van der Waals surface area contributed by atoms with Crippen LogP contribution in [0.3, 0.4) is 0 Å². The zero-order chi connectivity index (χ0) is 19.5.